The minimum absolute atomic E-state index is 0.249. The van der Waals surface area contributed by atoms with E-state index in [1.807, 2.05) is 0 Å². The number of ether oxygens (including phenoxy) is 2. The molecule has 14 heavy (non-hydrogen) atoms. The van der Waals surface area contributed by atoms with Gasteiger partial charge in [0.15, 0.2) is 5.79 Å². The van der Waals surface area contributed by atoms with E-state index in [0.717, 1.165) is 32.0 Å². The topological polar surface area (TPSA) is 35.5 Å². The average Bonchev–Trinajstić information content (AvgIpc) is 2.65. The first-order chi connectivity index (χ1) is 6.76. The maximum atomic E-state index is 10.6. The van der Waals surface area contributed by atoms with Crippen molar-refractivity contribution in [3.8, 4) is 0 Å². The first-order valence-corrected chi connectivity index (χ1v) is 5.18. The van der Waals surface area contributed by atoms with Crippen molar-refractivity contribution in [2.75, 3.05) is 13.2 Å². The molecule has 1 unspecified atom stereocenters. The van der Waals surface area contributed by atoms with Crippen molar-refractivity contribution in [2.24, 2.45) is 5.92 Å². The molecule has 2 fully saturated rings. The highest BCUT2D eigenvalue weighted by atomic mass is 16.7. The minimum Gasteiger partial charge on any atom is -0.348 e. The smallest absolute Gasteiger partial charge is 0.169 e. The van der Waals surface area contributed by atoms with Gasteiger partial charge in [0.2, 0.25) is 0 Å². The van der Waals surface area contributed by atoms with Crippen LogP contribution >= 0.6 is 0 Å². The van der Waals surface area contributed by atoms with E-state index in [9.17, 15) is 4.79 Å². The Bertz CT molecular complexity index is 241. The molecular formula is C11H16O3. The molecule has 1 spiro atoms. The van der Waals surface area contributed by atoms with Crippen LogP contribution in [0.3, 0.4) is 0 Å². The quantitative estimate of drug-likeness (QED) is 0.498. The molecule has 1 atom stereocenters. The van der Waals surface area contributed by atoms with E-state index in [0.29, 0.717) is 18.8 Å². The summed E-state index contributed by atoms with van der Waals surface area (Å²) < 4.78 is 11.3. The van der Waals surface area contributed by atoms with Crippen LogP contribution in [-0.4, -0.2) is 25.3 Å². The fourth-order valence-electron chi connectivity index (χ4n) is 2.37. The summed E-state index contributed by atoms with van der Waals surface area (Å²) in [5, 5.41) is 0. The molecule has 3 nitrogen and oxygen atoms in total. The Kier molecular flexibility index (Phi) is 2.70. The van der Waals surface area contributed by atoms with Crippen molar-refractivity contribution in [3.05, 3.63) is 12.2 Å². The lowest BCUT2D eigenvalue weighted by atomic mass is 9.81. The Labute approximate surface area is 84.1 Å². The number of carbonyl (C=O) groups excluding carboxylic acids is 1. The van der Waals surface area contributed by atoms with E-state index in [1.54, 1.807) is 0 Å². The van der Waals surface area contributed by atoms with Crippen LogP contribution in [0.2, 0.25) is 0 Å². The Morgan fingerprint density at radius 2 is 2.14 bits per heavy atom. The van der Waals surface area contributed by atoms with Crippen molar-refractivity contribution in [1.29, 1.82) is 0 Å². The third-order valence-corrected chi connectivity index (χ3v) is 3.16. The van der Waals surface area contributed by atoms with Crippen LogP contribution in [0.25, 0.3) is 0 Å². The average molecular weight is 196 g/mol. The highest BCUT2D eigenvalue weighted by molar-refractivity contribution is 5.72. The van der Waals surface area contributed by atoms with Gasteiger partial charge in [-0.2, -0.15) is 0 Å². The molecule has 1 saturated heterocycles. The SMILES string of the molecule is C=C(C=O)C1CCCC2(C1)OCCO2. The van der Waals surface area contributed by atoms with Crippen LogP contribution in [0.1, 0.15) is 25.7 Å². The molecular weight excluding hydrogens is 180 g/mol. The zero-order valence-corrected chi connectivity index (χ0v) is 8.33. The molecule has 0 amide bonds. The number of hydrogen-bond acceptors (Lipinski definition) is 3. The van der Waals surface area contributed by atoms with Crippen molar-refractivity contribution < 1.29 is 14.3 Å². The Morgan fingerprint density at radius 1 is 1.43 bits per heavy atom. The van der Waals surface area contributed by atoms with Crippen molar-refractivity contribution in [1.82, 2.24) is 0 Å². The summed E-state index contributed by atoms with van der Waals surface area (Å²) in [7, 11) is 0. The molecule has 0 bridgehead atoms. The molecule has 0 radical (unpaired) electrons. The lowest BCUT2D eigenvalue weighted by Gasteiger charge is -2.36. The predicted octanol–water partition coefficient (Wildman–Crippen LogP) is 1.67. The van der Waals surface area contributed by atoms with Gasteiger partial charge < -0.3 is 9.47 Å². The predicted molar refractivity (Wildman–Crippen MR) is 51.8 cm³/mol. The van der Waals surface area contributed by atoms with Gasteiger partial charge in [-0.1, -0.05) is 6.58 Å². The van der Waals surface area contributed by atoms with Crippen molar-refractivity contribution >= 4 is 6.29 Å². The molecule has 2 rings (SSSR count). The fourth-order valence-corrected chi connectivity index (χ4v) is 2.37. The maximum Gasteiger partial charge on any atom is 0.169 e. The Balaban J connectivity index is 2.03. The second-order valence-electron chi connectivity index (χ2n) is 4.09. The summed E-state index contributed by atoms with van der Waals surface area (Å²) in [6, 6.07) is 0. The van der Waals surface area contributed by atoms with Gasteiger partial charge >= 0.3 is 0 Å². The molecule has 0 N–H and O–H groups in total. The van der Waals surface area contributed by atoms with Crippen LogP contribution < -0.4 is 0 Å². The van der Waals surface area contributed by atoms with E-state index in [1.165, 1.54) is 0 Å². The van der Waals surface area contributed by atoms with Gasteiger partial charge in [-0.25, -0.2) is 0 Å². The van der Waals surface area contributed by atoms with E-state index < -0.39 is 5.79 Å². The molecule has 78 valence electrons. The summed E-state index contributed by atoms with van der Waals surface area (Å²) in [5.41, 5.74) is 0.683. The van der Waals surface area contributed by atoms with Crippen LogP contribution in [0.5, 0.6) is 0 Å². The molecule has 0 aromatic heterocycles. The van der Waals surface area contributed by atoms with Crippen LogP contribution in [0, 0.1) is 5.92 Å². The van der Waals surface area contributed by atoms with Crippen molar-refractivity contribution in [3.63, 3.8) is 0 Å². The molecule has 1 aliphatic heterocycles. The first kappa shape index (κ1) is 9.87. The molecule has 0 aromatic rings. The summed E-state index contributed by atoms with van der Waals surface area (Å²) in [5.74, 6) is -0.145. The monoisotopic (exact) mass is 196 g/mol. The van der Waals surface area contributed by atoms with E-state index in [2.05, 4.69) is 6.58 Å². The molecule has 3 heteroatoms. The highest BCUT2D eigenvalue weighted by Gasteiger charge is 2.41. The minimum atomic E-state index is -0.394. The summed E-state index contributed by atoms with van der Waals surface area (Å²) >= 11 is 0. The van der Waals surface area contributed by atoms with E-state index in [-0.39, 0.29) is 5.92 Å². The van der Waals surface area contributed by atoms with Gasteiger partial charge in [0.1, 0.15) is 6.29 Å². The summed E-state index contributed by atoms with van der Waals surface area (Å²) in [6.45, 7) is 5.13. The lowest BCUT2D eigenvalue weighted by Crippen LogP contribution is -2.36. The molecule has 1 saturated carbocycles. The van der Waals surface area contributed by atoms with E-state index in [4.69, 9.17) is 9.47 Å². The van der Waals surface area contributed by atoms with Gasteiger partial charge in [-0.3, -0.25) is 4.79 Å². The maximum absolute atomic E-state index is 10.6. The first-order valence-electron chi connectivity index (χ1n) is 5.18. The molecule has 1 aliphatic carbocycles. The highest BCUT2D eigenvalue weighted by Crippen LogP contribution is 2.40. The van der Waals surface area contributed by atoms with Gasteiger partial charge in [-0.15, -0.1) is 0 Å². The Hall–Kier alpha value is -0.670. The molecule has 0 aromatic carbocycles. The van der Waals surface area contributed by atoms with Crippen molar-refractivity contribution in [2.45, 2.75) is 31.5 Å². The lowest BCUT2D eigenvalue weighted by molar-refractivity contribution is -0.184. The van der Waals surface area contributed by atoms with Crippen LogP contribution in [0.4, 0.5) is 0 Å². The molecule has 1 heterocycles. The number of rotatable bonds is 2. The van der Waals surface area contributed by atoms with Crippen LogP contribution in [-0.2, 0) is 14.3 Å². The third kappa shape index (κ3) is 1.74. The number of allylic oxidation sites excluding steroid dienone is 1. The summed E-state index contributed by atoms with van der Waals surface area (Å²) in [4.78, 5) is 10.6. The van der Waals surface area contributed by atoms with Gasteiger partial charge in [0.25, 0.3) is 0 Å². The third-order valence-electron chi connectivity index (χ3n) is 3.16. The van der Waals surface area contributed by atoms with Gasteiger partial charge in [-0.05, 0) is 24.3 Å². The normalized spacial score (nSPS) is 30.4. The Morgan fingerprint density at radius 3 is 2.79 bits per heavy atom. The zero-order chi connectivity index (χ0) is 10.0. The number of carbonyl (C=O) groups is 1. The van der Waals surface area contributed by atoms with Crippen LogP contribution in [0.15, 0.2) is 12.2 Å². The number of aldehydes is 1. The largest absolute Gasteiger partial charge is 0.348 e. The van der Waals surface area contributed by atoms with E-state index >= 15 is 0 Å². The second-order valence-corrected chi connectivity index (χ2v) is 4.09. The second kappa shape index (κ2) is 3.83. The van der Waals surface area contributed by atoms with Gasteiger partial charge in [0, 0.05) is 12.8 Å². The van der Waals surface area contributed by atoms with Gasteiger partial charge in [0.05, 0.1) is 13.2 Å². The number of hydrogen-bond donors (Lipinski definition) is 0. The standard InChI is InChI=1S/C11H16O3/c1-9(8-12)10-3-2-4-11(7-10)13-5-6-14-11/h8,10H,1-7H2. The zero-order valence-electron chi connectivity index (χ0n) is 8.33. The summed E-state index contributed by atoms with van der Waals surface area (Å²) in [6.07, 6.45) is 4.70. The fraction of sp³-hybridized carbons (Fsp3) is 0.727. The molecule has 2 aliphatic rings.